The van der Waals surface area contributed by atoms with Gasteiger partial charge >= 0.3 is 0 Å². The first-order valence-electron chi connectivity index (χ1n) is 6.87. The van der Waals surface area contributed by atoms with E-state index in [0.29, 0.717) is 17.3 Å². The van der Waals surface area contributed by atoms with Crippen LogP contribution in [0.25, 0.3) is 0 Å². The highest BCUT2D eigenvalue weighted by Crippen LogP contribution is 2.20. The first-order valence-corrected chi connectivity index (χ1v) is 8.04. The van der Waals surface area contributed by atoms with E-state index in [9.17, 15) is 4.79 Å². The highest BCUT2D eigenvalue weighted by molar-refractivity contribution is 9.10. The number of benzene rings is 1. The Bertz CT molecular complexity index is 639. The molecule has 0 aliphatic carbocycles. The van der Waals surface area contributed by atoms with E-state index in [0.717, 1.165) is 23.0 Å². The Morgan fingerprint density at radius 2 is 2.10 bits per heavy atom. The van der Waals surface area contributed by atoms with Crippen LogP contribution in [0.2, 0.25) is 5.02 Å². The molecule has 0 N–H and O–H groups in total. The van der Waals surface area contributed by atoms with Crippen LogP contribution in [-0.2, 0) is 13.1 Å². The summed E-state index contributed by atoms with van der Waals surface area (Å²) in [6, 6.07) is 9.45. The second-order valence-electron chi connectivity index (χ2n) is 4.99. The smallest absolute Gasteiger partial charge is 0.270 e. The molecule has 0 fully saturated rings. The maximum Gasteiger partial charge on any atom is 0.270 e. The SMILES string of the molecule is CCCn1cc(Br)cc1C(=O)N(C)Cc1ccccc1Cl. The molecule has 0 unspecified atom stereocenters. The standard InChI is InChI=1S/C16H18BrClN2O/c1-3-8-20-11-13(17)9-15(20)16(21)19(2)10-12-6-4-5-7-14(12)18/h4-7,9,11H,3,8,10H2,1-2H3. The predicted octanol–water partition coefficient (Wildman–Crippen LogP) is 4.59. The molecular formula is C16H18BrClN2O. The van der Waals surface area contributed by atoms with Crippen molar-refractivity contribution >= 4 is 33.4 Å². The van der Waals surface area contributed by atoms with Gasteiger partial charge in [-0.15, -0.1) is 0 Å². The minimum absolute atomic E-state index is 0.00549. The van der Waals surface area contributed by atoms with Crippen molar-refractivity contribution in [3.63, 3.8) is 0 Å². The second kappa shape index (κ2) is 7.14. The van der Waals surface area contributed by atoms with E-state index in [-0.39, 0.29) is 5.91 Å². The topological polar surface area (TPSA) is 25.2 Å². The average molecular weight is 370 g/mol. The highest BCUT2D eigenvalue weighted by atomic mass is 79.9. The molecule has 0 bridgehead atoms. The minimum atomic E-state index is -0.00549. The van der Waals surface area contributed by atoms with Crippen molar-refractivity contribution < 1.29 is 4.79 Å². The van der Waals surface area contributed by atoms with Crippen LogP contribution < -0.4 is 0 Å². The van der Waals surface area contributed by atoms with Crippen LogP contribution in [-0.4, -0.2) is 22.4 Å². The predicted molar refractivity (Wildman–Crippen MR) is 89.7 cm³/mol. The number of aryl methyl sites for hydroxylation is 1. The van der Waals surface area contributed by atoms with Crippen LogP contribution in [0.15, 0.2) is 41.0 Å². The fourth-order valence-corrected chi connectivity index (χ4v) is 2.89. The molecule has 1 aromatic heterocycles. The lowest BCUT2D eigenvalue weighted by Crippen LogP contribution is -2.28. The fourth-order valence-electron chi connectivity index (χ4n) is 2.23. The summed E-state index contributed by atoms with van der Waals surface area (Å²) in [6.07, 6.45) is 2.93. The number of halogens is 2. The van der Waals surface area contributed by atoms with E-state index in [1.807, 2.05) is 41.1 Å². The molecule has 0 spiro atoms. The van der Waals surface area contributed by atoms with Crippen LogP contribution in [0.1, 0.15) is 29.4 Å². The van der Waals surface area contributed by atoms with Gasteiger partial charge in [-0.3, -0.25) is 4.79 Å². The molecule has 112 valence electrons. The first kappa shape index (κ1) is 16.1. The Morgan fingerprint density at radius 3 is 2.76 bits per heavy atom. The molecule has 0 aliphatic rings. The molecule has 21 heavy (non-hydrogen) atoms. The Balaban J connectivity index is 2.18. The first-order chi connectivity index (χ1) is 10.0. The Morgan fingerprint density at radius 1 is 1.38 bits per heavy atom. The average Bonchev–Trinajstić information content (AvgIpc) is 2.81. The third-order valence-electron chi connectivity index (χ3n) is 3.26. The van der Waals surface area contributed by atoms with Crippen molar-refractivity contribution in [3.05, 3.63) is 57.3 Å². The van der Waals surface area contributed by atoms with E-state index in [1.54, 1.807) is 11.9 Å². The Kier molecular flexibility index (Phi) is 5.48. The second-order valence-corrected chi connectivity index (χ2v) is 6.31. The quantitative estimate of drug-likeness (QED) is 0.757. The molecule has 0 aliphatic heterocycles. The monoisotopic (exact) mass is 368 g/mol. The maximum absolute atomic E-state index is 12.6. The molecule has 3 nitrogen and oxygen atoms in total. The van der Waals surface area contributed by atoms with Crippen molar-refractivity contribution in [1.82, 2.24) is 9.47 Å². The number of nitrogens with zero attached hydrogens (tertiary/aromatic N) is 2. The van der Waals surface area contributed by atoms with Gasteiger partial charge in [-0.1, -0.05) is 36.7 Å². The van der Waals surface area contributed by atoms with Crippen LogP contribution in [0.3, 0.4) is 0 Å². The van der Waals surface area contributed by atoms with Gasteiger partial charge in [-0.05, 0) is 40.0 Å². The third kappa shape index (κ3) is 3.89. The molecule has 2 rings (SSSR count). The van der Waals surface area contributed by atoms with Gasteiger partial charge in [-0.25, -0.2) is 0 Å². The minimum Gasteiger partial charge on any atom is -0.342 e. The van der Waals surface area contributed by atoms with Crippen molar-refractivity contribution in [2.24, 2.45) is 0 Å². The lowest BCUT2D eigenvalue weighted by molar-refractivity contribution is 0.0774. The molecular weight excluding hydrogens is 352 g/mol. The van der Waals surface area contributed by atoms with Crippen LogP contribution in [0.5, 0.6) is 0 Å². The van der Waals surface area contributed by atoms with Gasteiger partial charge in [0.2, 0.25) is 0 Å². The Hall–Kier alpha value is -1.26. The van der Waals surface area contributed by atoms with Crippen molar-refractivity contribution in [2.45, 2.75) is 26.4 Å². The summed E-state index contributed by atoms with van der Waals surface area (Å²) in [5.74, 6) is -0.00549. The summed E-state index contributed by atoms with van der Waals surface area (Å²) in [4.78, 5) is 14.3. The molecule has 1 heterocycles. The Labute approximate surface area is 138 Å². The fraction of sp³-hybridized carbons (Fsp3) is 0.312. The maximum atomic E-state index is 12.6. The summed E-state index contributed by atoms with van der Waals surface area (Å²) in [5.41, 5.74) is 1.64. The largest absolute Gasteiger partial charge is 0.342 e. The van der Waals surface area contributed by atoms with Crippen LogP contribution in [0.4, 0.5) is 0 Å². The molecule has 0 radical (unpaired) electrons. The van der Waals surface area contributed by atoms with E-state index < -0.39 is 0 Å². The van der Waals surface area contributed by atoms with Crippen molar-refractivity contribution in [2.75, 3.05) is 7.05 Å². The molecule has 1 amide bonds. The molecule has 1 aromatic carbocycles. The van der Waals surface area contributed by atoms with Gasteiger partial charge in [0.05, 0.1) is 0 Å². The number of amides is 1. The zero-order chi connectivity index (χ0) is 15.4. The van der Waals surface area contributed by atoms with E-state index in [1.165, 1.54) is 0 Å². The number of carbonyl (C=O) groups is 1. The summed E-state index contributed by atoms with van der Waals surface area (Å²) >= 11 is 9.59. The van der Waals surface area contributed by atoms with Crippen LogP contribution in [0, 0.1) is 0 Å². The van der Waals surface area contributed by atoms with Gasteiger partial charge < -0.3 is 9.47 Å². The summed E-state index contributed by atoms with van der Waals surface area (Å²) in [7, 11) is 1.79. The highest BCUT2D eigenvalue weighted by Gasteiger charge is 2.17. The summed E-state index contributed by atoms with van der Waals surface area (Å²) < 4.78 is 2.90. The molecule has 0 saturated heterocycles. The zero-order valence-corrected chi connectivity index (χ0v) is 14.5. The van der Waals surface area contributed by atoms with E-state index in [4.69, 9.17) is 11.6 Å². The normalized spacial score (nSPS) is 10.7. The molecule has 0 saturated carbocycles. The summed E-state index contributed by atoms with van der Waals surface area (Å²) in [5, 5.41) is 0.683. The van der Waals surface area contributed by atoms with Gasteiger partial charge in [0.1, 0.15) is 5.69 Å². The molecule has 5 heteroatoms. The lowest BCUT2D eigenvalue weighted by atomic mass is 10.2. The van der Waals surface area contributed by atoms with E-state index >= 15 is 0 Å². The van der Waals surface area contributed by atoms with Crippen molar-refractivity contribution in [3.8, 4) is 0 Å². The number of carbonyl (C=O) groups excluding carboxylic acids is 1. The third-order valence-corrected chi connectivity index (χ3v) is 4.06. The number of aromatic nitrogens is 1. The number of rotatable bonds is 5. The molecule has 2 aromatic rings. The van der Waals surface area contributed by atoms with Gasteiger partial charge in [-0.2, -0.15) is 0 Å². The summed E-state index contributed by atoms with van der Waals surface area (Å²) in [6.45, 7) is 3.41. The van der Waals surface area contributed by atoms with E-state index in [2.05, 4.69) is 22.9 Å². The van der Waals surface area contributed by atoms with Crippen molar-refractivity contribution in [1.29, 1.82) is 0 Å². The van der Waals surface area contributed by atoms with Crippen LogP contribution >= 0.6 is 27.5 Å². The zero-order valence-electron chi connectivity index (χ0n) is 12.1. The lowest BCUT2D eigenvalue weighted by Gasteiger charge is -2.19. The number of hydrogen-bond donors (Lipinski definition) is 0. The van der Waals surface area contributed by atoms with Gasteiger partial charge in [0.15, 0.2) is 0 Å². The van der Waals surface area contributed by atoms with Gasteiger partial charge in [0, 0.05) is 35.8 Å². The number of hydrogen-bond acceptors (Lipinski definition) is 1. The van der Waals surface area contributed by atoms with Gasteiger partial charge in [0.25, 0.3) is 5.91 Å². The molecule has 0 atom stereocenters.